The van der Waals surface area contributed by atoms with Crippen LogP contribution in [0.2, 0.25) is 0 Å². The molecule has 0 saturated carbocycles. The second kappa shape index (κ2) is 6.19. The van der Waals surface area contributed by atoms with Crippen LogP contribution in [0.5, 0.6) is 0 Å². The Morgan fingerprint density at radius 2 is 1.67 bits per heavy atom. The lowest BCUT2D eigenvalue weighted by molar-refractivity contribution is 0.348. The first-order chi connectivity index (χ1) is 10.3. The van der Waals surface area contributed by atoms with Crippen LogP contribution < -0.4 is 5.32 Å². The highest BCUT2D eigenvalue weighted by atomic mass is 14.9. The first-order valence-corrected chi connectivity index (χ1v) is 8.56. The molecule has 0 amide bonds. The molecule has 3 rings (SSSR count). The molecule has 2 aromatic carbocycles. The van der Waals surface area contributed by atoms with Gasteiger partial charge in [-0.1, -0.05) is 63.9 Å². The summed E-state index contributed by atoms with van der Waals surface area (Å²) in [4.78, 5) is 0. The lowest BCUT2D eigenvalue weighted by Gasteiger charge is -2.28. The summed E-state index contributed by atoms with van der Waals surface area (Å²) in [5, 5.41) is 6.78. The zero-order chi connectivity index (χ0) is 14.8. The minimum absolute atomic E-state index is 0.481. The zero-order valence-electron chi connectivity index (χ0n) is 13.6. The van der Waals surface area contributed by atoms with Crippen molar-refractivity contribution in [1.29, 1.82) is 0 Å². The first-order valence-electron chi connectivity index (χ1n) is 8.56. The van der Waals surface area contributed by atoms with E-state index in [4.69, 9.17) is 0 Å². The van der Waals surface area contributed by atoms with Crippen molar-refractivity contribution in [3.63, 3.8) is 0 Å². The van der Waals surface area contributed by atoms with Crippen LogP contribution in [0.1, 0.15) is 56.3 Å². The van der Waals surface area contributed by atoms with Crippen LogP contribution in [0.15, 0.2) is 30.3 Å². The normalized spacial score (nSPS) is 15.0. The minimum Gasteiger partial charge on any atom is -0.310 e. The molecule has 0 saturated heterocycles. The van der Waals surface area contributed by atoms with Gasteiger partial charge in [-0.2, -0.15) is 0 Å². The molecule has 1 N–H and O–H groups in total. The van der Waals surface area contributed by atoms with E-state index in [1.807, 2.05) is 0 Å². The van der Waals surface area contributed by atoms with Crippen molar-refractivity contribution in [2.75, 3.05) is 6.54 Å². The lowest BCUT2D eigenvalue weighted by Crippen LogP contribution is -2.28. The van der Waals surface area contributed by atoms with Gasteiger partial charge < -0.3 is 5.32 Å². The lowest BCUT2D eigenvalue weighted by atomic mass is 9.85. The van der Waals surface area contributed by atoms with E-state index in [0.717, 1.165) is 6.54 Å². The molecule has 1 unspecified atom stereocenters. The molecule has 1 atom stereocenters. The second-order valence-electron chi connectivity index (χ2n) is 6.27. The van der Waals surface area contributed by atoms with Gasteiger partial charge in [0.05, 0.1) is 0 Å². The summed E-state index contributed by atoms with van der Waals surface area (Å²) in [6.07, 6.45) is 4.90. The van der Waals surface area contributed by atoms with Crippen molar-refractivity contribution in [2.24, 2.45) is 5.92 Å². The standard InChI is InChI=1S/C20H27N/c1-4-14(5-2)20(21-6-3)18-13-12-16-11-10-15-8-7-9-17(18)19(15)16/h7-9,12-14,20-21H,4-6,10-11H2,1-3H3. The van der Waals surface area contributed by atoms with Crippen molar-refractivity contribution in [2.45, 2.75) is 52.5 Å². The molecular formula is C20H27N. The highest BCUT2D eigenvalue weighted by Gasteiger charge is 2.24. The summed E-state index contributed by atoms with van der Waals surface area (Å²) in [5.74, 6) is 0.711. The third-order valence-electron chi connectivity index (χ3n) is 5.19. The van der Waals surface area contributed by atoms with E-state index in [-0.39, 0.29) is 0 Å². The van der Waals surface area contributed by atoms with Gasteiger partial charge in [-0.05, 0) is 52.8 Å². The minimum atomic E-state index is 0.481. The SMILES string of the molecule is CCNC(c1ccc2c3c(cccc13)CC2)C(CC)CC. The van der Waals surface area contributed by atoms with Gasteiger partial charge in [0.2, 0.25) is 0 Å². The van der Waals surface area contributed by atoms with Gasteiger partial charge in [-0.25, -0.2) is 0 Å². The Labute approximate surface area is 128 Å². The molecule has 0 spiro atoms. The molecular weight excluding hydrogens is 254 g/mol. The largest absolute Gasteiger partial charge is 0.310 e. The summed E-state index contributed by atoms with van der Waals surface area (Å²) in [6, 6.07) is 12.1. The van der Waals surface area contributed by atoms with Gasteiger partial charge in [-0.15, -0.1) is 0 Å². The first kappa shape index (κ1) is 14.6. The molecule has 1 nitrogen and oxygen atoms in total. The third-order valence-corrected chi connectivity index (χ3v) is 5.19. The Bertz CT molecular complexity index is 615. The third kappa shape index (κ3) is 2.48. The predicted molar refractivity (Wildman–Crippen MR) is 91.8 cm³/mol. The van der Waals surface area contributed by atoms with Gasteiger partial charge in [0.25, 0.3) is 0 Å². The maximum Gasteiger partial charge on any atom is 0.0354 e. The summed E-state index contributed by atoms with van der Waals surface area (Å²) >= 11 is 0. The number of aryl methyl sites for hydroxylation is 2. The fraction of sp³-hybridized carbons (Fsp3) is 0.500. The van der Waals surface area contributed by atoms with Crippen LogP contribution >= 0.6 is 0 Å². The highest BCUT2D eigenvalue weighted by Crippen LogP contribution is 2.38. The van der Waals surface area contributed by atoms with Crippen LogP contribution in [0, 0.1) is 5.92 Å². The average molecular weight is 281 g/mol. The van der Waals surface area contributed by atoms with Gasteiger partial charge in [0.1, 0.15) is 0 Å². The summed E-state index contributed by atoms with van der Waals surface area (Å²) in [7, 11) is 0. The summed E-state index contributed by atoms with van der Waals surface area (Å²) in [6.45, 7) is 7.89. The molecule has 0 fully saturated rings. The molecule has 1 aliphatic rings. The molecule has 0 aromatic heterocycles. The Kier molecular flexibility index (Phi) is 4.30. The van der Waals surface area contributed by atoms with Crippen LogP contribution in [0.4, 0.5) is 0 Å². The van der Waals surface area contributed by atoms with E-state index in [1.54, 1.807) is 16.5 Å². The van der Waals surface area contributed by atoms with E-state index < -0.39 is 0 Å². The van der Waals surface area contributed by atoms with E-state index in [1.165, 1.54) is 36.6 Å². The summed E-state index contributed by atoms with van der Waals surface area (Å²) in [5.41, 5.74) is 4.60. The van der Waals surface area contributed by atoms with E-state index in [0.29, 0.717) is 12.0 Å². The Hall–Kier alpha value is -1.34. The van der Waals surface area contributed by atoms with Gasteiger partial charge >= 0.3 is 0 Å². The fourth-order valence-electron chi connectivity index (χ4n) is 4.05. The number of hydrogen-bond donors (Lipinski definition) is 1. The van der Waals surface area contributed by atoms with Gasteiger partial charge in [0, 0.05) is 6.04 Å². The monoisotopic (exact) mass is 281 g/mol. The number of benzene rings is 2. The molecule has 0 radical (unpaired) electrons. The zero-order valence-corrected chi connectivity index (χ0v) is 13.6. The quantitative estimate of drug-likeness (QED) is 0.783. The maximum atomic E-state index is 3.75. The molecule has 0 heterocycles. The number of nitrogens with one attached hydrogen (secondary N) is 1. The van der Waals surface area contributed by atoms with Crippen molar-refractivity contribution in [1.82, 2.24) is 5.32 Å². The number of hydrogen-bond acceptors (Lipinski definition) is 1. The molecule has 1 heteroatoms. The van der Waals surface area contributed by atoms with Crippen molar-refractivity contribution >= 4 is 10.8 Å². The highest BCUT2D eigenvalue weighted by molar-refractivity contribution is 5.93. The molecule has 2 aromatic rings. The average Bonchev–Trinajstić information content (AvgIpc) is 2.94. The Morgan fingerprint density at radius 3 is 2.33 bits per heavy atom. The van der Waals surface area contributed by atoms with Crippen molar-refractivity contribution < 1.29 is 0 Å². The van der Waals surface area contributed by atoms with Crippen molar-refractivity contribution in [3.8, 4) is 0 Å². The van der Waals surface area contributed by atoms with Crippen LogP contribution in [0.3, 0.4) is 0 Å². The smallest absolute Gasteiger partial charge is 0.0354 e. The molecule has 1 aliphatic carbocycles. The molecule has 0 bridgehead atoms. The maximum absolute atomic E-state index is 3.75. The van der Waals surface area contributed by atoms with E-state index >= 15 is 0 Å². The second-order valence-corrected chi connectivity index (χ2v) is 6.27. The van der Waals surface area contributed by atoms with Gasteiger partial charge in [0.15, 0.2) is 0 Å². The van der Waals surface area contributed by atoms with Crippen LogP contribution in [-0.2, 0) is 12.8 Å². The topological polar surface area (TPSA) is 12.0 Å². The van der Waals surface area contributed by atoms with Crippen molar-refractivity contribution in [3.05, 3.63) is 47.0 Å². The molecule has 112 valence electrons. The van der Waals surface area contributed by atoms with Crippen LogP contribution in [0.25, 0.3) is 10.8 Å². The van der Waals surface area contributed by atoms with Crippen LogP contribution in [-0.4, -0.2) is 6.54 Å². The van der Waals surface area contributed by atoms with Gasteiger partial charge in [-0.3, -0.25) is 0 Å². The van der Waals surface area contributed by atoms with E-state index in [2.05, 4.69) is 56.4 Å². The number of rotatable bonds is 6. The molecule has 0 aliphatic heterocycles. The Morgan fingerprint density at radius 1 is 0.952 bits per heavy atom. The predicted octanol–water partition coefficient (Wildman–Crippen LogP) is 5.03. The Balaban J connectivity index is 2.14. The van der Waals surface area contributed by atoms with E-state index in [9.17, 15) is 0 Å². The fourth-order valence-corrected chi connectivity index (χ4v) is 4.05. The summed E-state index contributed by atoms with van der Waals surface area (Å²) < 4.78 is 0. The molecule has 21 heavy (non-hydrogen) atoms.